The van der Waals surface area contributed by atoms with E-state index < -0.39 is 34.0 Å². The number of benzene rings is 1. The fraction of sp³-hybridized carbons (Fsp3) is 0.476. The first-order valence-corrected chi connectivity index (χ1v) is 12.1. The maximum absolute atomic E-state index is 13.6. The van der Waals surface area contributed by atoms with Crippen LogP contribution in [0, 0.1) is 6.92 Å². The maximum Gasteiger partial charge on any atom is 0.427 e. The highest BCUT2D eigenvalue weighted by Crippen LogP contribution is 2.39. The molecule has 3 rings (SSSR count). The van der Waals surface area contributed by atoms with E-state index in [1.54, 1.807) is 14.0 Å². The molecule has 1 aliphatic rings. The van der Waals surface area contributed by atoms with Crippen LogP contribution in [0.3, 0.4) is 0 Å². The number of hydrogen-bond acceptors (Lipinski definition) is 7. The van der Waals surface area contributed by atoms with E-state index in [0.29, 0.717) is 19.5 Å². The number of alkyl halides is 3. The van der Waals surface area contributed by atoms with E-state index in [2.05, 4.69) is 20.5 Å². The van der Waals surface area contributed by atoms with Gasteiger partial charge in [0.2, 0.25) is 11.5 Å². The number of ether oxygens (including phenoxy) is 2. The zero-order valence-corrected chi connectivity index (χ0v) is 21.0. The third-order valence-electron chi connectivity index (χ3n) is 5.50. The Balaban J connectivity index is 1.96. The molecule has 2 heterocycles. The molecule has 198 valence electrons. The second-order valence-electron chi connectivity index (χ2n) is 8.64. The number of rotatable bonds is 6. The van der Waals surface area contributed by atoms with Gasteiger partial charge >= 0.3 is 12.3 Å². The van der Waals surface area contributed by atoms with Gasteiger partial charge in [0.25, 0.3) is 10.0 Å². The van der Waals surface area contributed by atoms with Crippen molar-refractivity contribution in [3.8, 4) is 5.75 Å². The third kappa shape index (κ3) is 5.50. The lowest BCUT2D eigenvalue weighted by atomic mass is 10.1. The van der Waals surface area contributed by atoms with Gasteiger partial charge in [0.15, 0.2) is 0 Å². The molecule has 0 saturated heterocycles. The van der Waals surface area contributed by atoms with Crippen molar-refractivity contribution in [2.75, 3.05) is 22.7 Å². The van der Waals surface area contributed by atoms with Crippen molar-refractivity contribution in [3.63, 3.8) is 0 Å². The Morgan fingerprint density at radius 1 is 1.28 bits per heavy atom. The summed E-state index contributed by atoms with van der Waals surface area (Å²) in [5.41, 5.74) is -2.37. The molecule has 0 unspecified atom stereocenters. The van der Waals surface area contributed by atoms with Gasteiger partial charge in [-0.2, -0.15) is 18.3 Å². The number of amides is 2. The lowest BCUT2D eigenvalue weighted by molar-refractivity contribution is -0.242. The Kier molecular flexibility index (Phi) is 7.17. The standard InChI is InChI=1S/C21H26F3N5O6S/c1-12-18(10-26-28(12)5)36(32,33)29-11-15(9-25-13(2)30)34-17-7-6-14(8-16(17)29)27-19(31)35-20(3,4)21(22,23)24/h6-8,10,15H,9,11H2,1-5H3,(H,25,30)(H,27,31)/t15-/m0/s1. The smallest absolute Gasteiger partial charge is 0.427 e. The number of anilines is 2. The molecule has 1 aromatic carbocycles. The number of aromatic nitrogens is 2. The van der Waals surface area contributed by atoms with Gasteiger partial charge < -0.3 is 14.8 Å². The van der Waals surface area contributed by atoms with E-state index >= 15 is 0 Å². The van der Waals surface area contributed by atoms with Gasteiger partial charge in [0.05, 0.1) is 30.7 Å². The summed E-state index contributed by atoms with van der Waals surface area (Å²) in [6, 6.07) is 3.93. The number of hydrogen-bond donors (Lipinski definition) is 2. The van der Waals surface area contributed by atoms with Gasteiger partial charge in [-0.3, -0.25) is 19.1 Å². The molecule has 0 bridgehead atoms. The van der Waals surface area contributed by atoms with Crippen molar-refractivity contribution in [2.24, 2.45) is 7.05 Å². The number of aryl methyl sites for hydroxylation is 1. The highest BCUT2D eigenvalue weighted by Gasteiger charge is 2.51. The summed E-state index contributed by atoms with van der Waals surface area (Å²) in [6.45, 7) is 4.11. The summed E-state index contributed by atoms with van der Waals surface area (Å²) >= 11 is 0. The van der Waals surface area contributed by atoms with Crippen molar-refractivity contribution in [3.05, 3.63) is 30.1 Å². The molecule has 36 heavy (non-hydrogen) atoms. The van der Waals surface area contributed by atoms with Crippen LogP contribution >= 0.6 is 0 Å². The van der Waals surface area contributed by atoms with Crippen molar-refractivity contribution in [2.45, 2.75) is 50.5 Å². The Morgan fingerprint density at radius 2 is 1.94 bits per heavy atom. The largest absolute Gasteiger partial charge is 0.484 e. The topological polar surface area (TPSA) is 132 Å². The lowest BCUT2D eigenvalue weighted by Gasteiger charge is -2.35. The molecule has 1 atom stereocenters. The predicted molar refractivity (Wildman–Crippen MR) is 122 cm³/mol. The first-order chi connectivity index (χ1) is 16.5. The van der Waals surface area contributed by atoms with Crippen LogP contribution in [0.25, 0.3) is 0 Å². The summed E-state index contributed by atoms with van der Waals surface area (Å²) in [6.07, 6.45) is -5.73. The van der Waals surface area contributed by atoms with E-state index in [1.165, 1.54) is 36.0 Å². The quantitative estimate of drug-likeness (QED) is 0.584. The number of fused-ring (bicyclic) bond motifs is 1. The Hall–Kier alpha value is -3.49. The van der Waals surface area contributed by atoms with E-state index in [-0.39, 0.29) is 41.0 Å². The van der Waals surface area contributed by atoms with Gasteiger partial charge in [-0.15, -0.1) is 0 Å². The number of sulfonamides is 1. The number of nitrogens with one attached hydrogen (secondary N) is 2. The van der Waals surface area contributed by atoms with E-state index in [1.807, 2.05) is 0 Å². The van der Waals surface area contributed by atoms with Crippen molar-refractivity contribution in [1.29, 1.82) is 0 Å². The molecule has 0 saturated carbocycles. The fourth-order valence-electron chi connectivity index (χ4n) is 3.26. The SMILES string of the molecule is CC(=O)NC[C@H]1CN(S(=O)(=O)c2cnn(C)c2C)c2cc(NC(=O)OC(C)(C)C(F)(F)F)ccc2O1. The number of carbonyl (C=O) groups excluding carboxylic acids is 2. The van der Waals surface area contributed by atoms with Crippen LogP contribution in [0.15, 0.2) is 29.3 Å². The minimum absolute atomic E-state index is 0.0195. The number of nitrogens with zero attached hydrogens (tertiary/aromatic N) is 3. The average Bonchev–Trinajstić information content (AvgIpc) is 3.09. The third-order valence-corrected chi connectivity index (χ3v) is 7.39. The highest BCUT2D eigenvalue weighted by atomic mass is 32.2. The van der Waals surface area contributed by atoms with Crippen LogP contribution in [-0.4, -0.2) is 61.2 Å². The molecule has 1 aromatic heterocycles. The predicted octanol–water partition coefficient (Wildman–Crippen LogP) is 2.71. The molecule has 0 radical (unpaired) electrons. The second kappa shape index (κ2) is 9.52. The molecule has 2 aromatic rings. The zero-order valence-electron chi connectivity index (χ0n) is 20.1. The molecule has 2 N–H and O–H groups in total. The maximum atomic E-state index is 13.6. The van der Waals surface area contributed by atoms with Gasteiger partial charge in [0.1, 0.15) is 16.7 Å². The van der Waals surface area contributed by atoms with Gasteiger partial charge in [-0.25, -0.2) is 13.2 Å². The summed E-state index contributed by atoms with van der Waals surface area (Å²) in [7, 11) is -2.60. The van der Waals surface area contributed by atoms with Crippen LogP contribution in [0.2, 0.25) is 0 Å². The molecule has 0 spiro atoms. The molecular weight excluding hydrogens is 507 g/mol. The van der Waals surface area contributed by atoms with Crippen LogP contribution in [0.4, 0.5) is 29.3 Å². The van der Waals surface area contributed by atoms with Crippen molar-refractivity contribution >= 4 is 33.4 Å². The summed E-state index contributed by atoms with van der Waals surface area (Å²) in [4.78, 5) is 23.4. The molecule has 0 aliphatic carbocycles. The normalized spacial score (nSPS) is 16.1. The van der Waals surface area contributed by atoms with Gasteiger partial charge in [0, 0.05) is 19.7 Å². The molecule has 1 aliphatic heterocycles. The monoisotopic (exact) mass is 533 g/mol. The van der Waals surface area contributed by atoms with Crippen molar-refractivity contribution < 1.29 is 40.7 Å². The molecule has 11 nitrogen and oxygen atoms in total. The van der Waals surface area contributed by atoms with Crippen LogP contribution in [0.1, 0.15) is 26.5 Å². The molecule has 0 fully saturated rings. The first-order valence-electron chi connectivity index (χ1n) is 10.7. The van der Waals surface area contributed by atoms with Crippen molar-refractivity contribution in [1.82, 2.24) is 15.1 Å². The molecule has 2 amide bonds. The van der Waals surface area contributed by atoms with E-state index in [9.17, 15) is 31.2 Å². The lowest BCUT2D eigenvalue weighted by Crippen LogP contribution is -2.48. The summed E-state index contributed by atoms with van der Waals surface area (Å²) < 4.78 is 79.1. The minimum atomic E-state index is -4.80. The van der Waals surface area contributed by atoms with Gasteiger partial charge in [-0.05, 0) is 39.0 Å². The highest BCUT2D eigenvalue weighted by molar-refractivity contribution is 7.92. The summed E-state index contributed by atoms with van der Waals surface area (Å²) in [5, 5.41) is 8.74. The Labute approximate surface area is 205 Å². The number of halogens is 3. The fourth-order valence-corrected chi connectivity index (χ4v) is 4.95. The van der Waals surface area contributed by atoms with Crippen LogP contribution in [-0.2, 0) is 26.6 Å². The van der Waals surface area contributed by atoms with Crippen LogP contribution < -0.4 is 19.7 Å². The Morgan fingerprint density at radius 3 is 2.50 bits per heavy atom. The second-order valence-corrected chi connectivity index (χ2v) is 10.5. The van der Waals surface area contributed by atoms with E-state index in [4.69, 9.17) is 4.74 Å². The minimum Gasteiger partial charge on any atom is -0.484 e. The zero-order chi connectivity index (χ0) is 27.1. The number of carbonyl (C=O) groups is 2. The summed E-state index contributed by atoms with van der Waals surface area (Å²) in [5.74, 6) is -0.210. The van der Waals surface area contributed by atoms with Crippen LogP contribution in [0.5, 0.6) is 5.75 Å². The van der Waals surface area contributed by atoms with E-state index in [0.717, 1.165) is 4.31 Å². The average molecular weight is 534 g/mol. The van der Waals surface area contributed by atoms with Gasteiger partial charge in [-0.1, -0.05) is 0 Å². The molecular formula is C21H26F3N5O6S. The Bertz CT molecular complexity index is 1280. The first kappa shape index (κ1) is 27.1. The molecule has 15 heteroatoms.